The van der Waals surface area contributed by atoms with E-state index in [1.807, 2.05) is 12.1 Å². The summed E-state index contributed by atoms with van der Waals surface area (Å²) < 4.78 is 0. The molecule has 0 atom stereocenters. The van der Waals surface area contributed by atoms with E-state index in [4.69, 9.17) is 11.6 Å². The van der Waals surface area contributed by atoms with Crippen LogP contribution in [0, 0.1) is 0 Å². The van der Waals surface area contributed by atoms with Crippen molar-refractivity contribution >= 4 is 11.6 Å². The highest BCUT2D eigenvalue weighted by molar-refractivity contribution is 6.31. The van der Waals surface area contributed by atoms with E-state index in [-0.39, 0.29) is 5.92 Å². The van der Waals surface area contributed by atoms with Gasteiger partial charge in [0.05, 0.1) is 0 Å². The van der Waals surface area contributed by atoms with Crippen LogP contribution in [0.5, 0.6) is 0 Å². The fourth-order valence-corrected chi connectivity index (χ4v) is 3.93. The van der Waals surface area contributed by atoms with Gasteiger partial charge in [-0.2, -0.15) is 0 Å². The van der Waals surface area contributed by atoms with Crippen molar-refractivity contribution in [3.05, 3.63) is 106 Å². The Labute approximate surface area is 174 Å². The first-order chi connectivity index (χ1) is 13.8. The standard InChI is InChI=1S/C25H29ClN2/c1-3-27-17-19-11-5-7-13-21(19)25(23-15-9-10-16-24(23)26)22-14-8-6-12-20(22)18-28-4-2/h5-16,25,27-28H,3-4,17-18H2,1-2H3. The first kappa shape index (κ1) is 20.6. The van der Waals surface area contributed by atoms with Crippen molar-refractivity contribution in [2.24, 2.45) is 0 Å². The summed E-state index contributed by atoms with van der Waals surface area (Å²) in [5.41, 5.74) is 6.39. The van der Waals surface area contributed by atoms with Crippen molar-refractivity contribution < 1.29 is 0 Å². The second-order valence-electron chi connectivity index (χ2n) is 6.91. The van der Waals surface area contributed by atoms with Crippen LogP contribution >= 0.6 is 11.6 Å². The lowest BCUT2D eigenvalue weighted by Gasteiger charge is -2.25. The Balaban J connectivity index is 2.18. The van der Waals surface area contributed by atoms with Crippen LogP contribution in [-0.2, 0) is 13.1 Å². The largest absolute Gasteiger partial charge is 0.313 e. The predicted octanol–water partition coefficient (Wildman–Crippen LogP) is 5.74. The molecule has 0 bridgehead atoms. The van der Waals surface area contributed by atoms with Gasteiger partial charge in [-0.25, -0.2) is 0 Å². The lowest BCUT2D eigenvalue weighted by molar-refractivity contribution is 0.707. The van der Waals surface area contributed by atoms with E-state index < -0.39 is 0 Å². The number of benzene rings is 3. The van der Waals surface area contributed by atoms with Gasteiger partial charge in [0.15, 0.2) is 0 Å². The third-order valence-corrected chi connectivity index (χ3v) is 5.42. The van der Waals surface area contributed by atoms with E-state index in [0.717, 1.165) is 36.8 Å². The fraction of sp³-hybridized carbons (Fsp3) is 0.280. The van der Waals surface area contributed by atoms with Gasteiger partial charge in [-0.05, 0) is 47.0 Å². The Hall–Kier alpha value is -2.13. The quantitative estimate of drug-likeness (QED) is 0.454. The first-order valence-electron chi connectivity index (χ1n) is 10.1. The summed E-state index contributed by atoms with van der Waals surface area (Å²) in [5, 5.41) is 7.77. The lowest BCUT2D eigenvalue weighted by atomic mass is 9.80. The number of hydrogen-bond donors (Lipinski definition) is 2. The van der Waals surface area contributed by atoms with Crippen LogP contribution < -0.4 is 10.6 Å². The second-order valence-corrected chi connectivity index (χ2v) is 7.32. The van der Waals surface area contributed by atoms with Crippen molar-refractivity contribution in [3.8, 4) is 0 Å². The minimum Gasteiger partial charge on any atom is -0.313 e. The molecule has 3 rings (SSSR count). The molecule has 3 aromatic rings. The number of rotatable bonds is 9. The van der Waals surface area contributed by atoms with E-state index in [9.17, 15) is 0 Å². The van der Waals surface area contributed by atoms with E-state index in [0.29, 0.717) is 0 Å². The molecule has 0 saturated heterocycles. The maximum absolute atomic E-state index is 6.70. The van der Waals surface area contributed by atoms with Gasteiger partial charge >= 0.3 is 0 Å². The molecule has 3 aromatic carbocycles. The van der Waals surface area contributed by atoms with Gasteiger partial charge in [0.2, 0.25) is 0 Å². The van der Waals surface area contributed by atoms with Gasteiger partial charge in [0.25, 0.3) is 0 Å². The summed E-state index contributed by atoms with van der Waals surface area (Å²) in [6.07, 6.45) is 0. The maximum Gasteiger partial charge on any atom is 0.0447 e. The molecule has 0 heterocycles. The molecule has 0 aliphatic carbocycles. The number of halogens is 1. The molecule has 0 aromatic heterocycles. The van der Waals surface area contributed by atoms with Gasteiger partial charge in [-0.3, -0.25) is 0 Å². The van der Waals surface area contributed by atoms with Gasteiger partial charge in [-0.1, -0.05) is 92.2 Å². The molecule has 0 aliphatic heterocycles. The van der Waals surface area contributed by atoms with Gasteiger partial charge in [0.1, 0.15) is 0 Å². The highest BCUT2D eigenvalue weighted by Crippen LogP contribution is 2.38. The van der Waals surface area contributed by atoms with Gasteiger partial charge in [0, 0.05) is 24.0 Å². The Kier molecular flexibility index (Phi) is 7.67. The van der Waals surface area contributed by atoms with Gasteiger partial charge in [-0.15, -0.1) is 0 Å². The molecule has 0 radical (unpaired) electrons. The molecule has 0 saturated carbocycles. The van der Waals surface area contributed by atoms with Crippen LogP contribution in [0.3, 0.4) is 0 Å². The average molecular weight is 393 g/mol. The smallest absolute Gasteiger partial charge is 0.0447 e. The molecule has 2 nitrogen and oxygen atoms in total. The maximum atomic E-state index is 6.70. The third-order valence-electron chi connectivity index (χ3n) is 5.08. The van der Waals surface area contributed by atoms with Gasteiger partial charge < -0.3 is 10.6 Å². The second kappa shape index (κ2) is 10.4. The monoisotopic (exact) mass is 392 g/mol. The summed E-state index contributed by atoms with van der Waals surface area (Å²) in [5.74, 6) is 0.0958. The number of hydrogen-bond acceptors (Lipinski definition) is 2. The van der Waals surface area contributed by atoms with Crippen molar-refractivity contribution in [1.29, 1.82) is 0 Å². The fourth-order valence-electron chi connectivity index (χ4n) is 3.68. The Morgan fingerprint density at radius 3 is 1.54 bits per heavy atom. The summed E-state index contributed by atoms with van der Waals surface area (Å²) in [6, 6.07) is 25.6. The Morgan fingerprint density at radius 2 is 1.07 bits per heavy atom. The highest BCUT2D eigenvalue weighted by Gasteiger charge is 2.23. The SMILES string of the molecule is CCNCc1ccccc1C(c1ccccc1Cl)c1ccccc1CNCC. The molecule has 146 valence electrons. The Morgan fingerprint density at radius 1 is 0.643 bits per heavy atom. The van der Waals surface area contributed by atoms with Crippen LogP contribution in [0.2, 0.25) is 5.02 Å². The third kappa shape index (κ3) is 4.82. The van der Waals surface area contributed by atoms with E-state index in [2.05, 4.69) is 85.1 Å². The van der Waals surface area contributed by atoms with Crippen LogP contribution in [0.15, 0.2) is 72.8 Å². The van der Waals surface area contributed by atoms with Crippen LogP contribution in [-0.4, -0.2) is 13.1 Å². The molecule has 0 unspecified atom stereocenters. The molecule has 0 spiro atoms. The summed E-state index contributed by atoms with van der Waals surface area (Å²) in [4.78, 5) is 0. The van der Waals surface area contributed by atoms with E-state index in [1.165, 1.54) is 22.3 Å². The predicted molar refractivity (Wildman–Crippen MR) is 120 cm³/mol. The normalized spacial score (nSPS) is 11.1. The van der Waals surface area contributed by atoms with Crippen molar-refractivity contribution in [2.45, 2.75) is 32.9 Å². The molecule has 0 amide bonds. The molecular formula is C25H29ClN2. The minimum absolute atomic E-state index is 0.0958. The molecule has 28 heavy (non-hydrogen) atoms. The Bertz CT molecular complexity index is 839. The van der Waals surface area contributed by atoms with Crippen LogP contribution in [0.4, 0.5) is 0 Å². The lowest BCUT2D eigenvalue weighted by Crippen LogP contribution is -2.18. The molecule has 3 heteroatoms. The molecule has 0 fully saturated rings. The van der Waals surface area contributed by atoms with Crippen LogP contribution in [0.1, 0.15) is 47.6 Å². The zero-order valence-corrected chi connectivity index (χ0v) is 17.5. The summed E-state index contributed by atoms with van der Waals surface area (Å²) in [6.45, 7) is 7.87. The average Bonchev–Trinajstić information content (AvgIpc) is 2.74. The molecule has 2 N–H and O–H groups in total. The summed E-state index contributed by atoms with van der Waals surface area (Å²) >= 11 is 6.70. The highest BCUT2D eigenvalue weighted by atomic mass is 35.5. The van der Waals surface area contributed by atoms with E-state index in [1.54, 1.807) is 0 Å². The van der Waals surface area contributed by atoms with Crippen LogP contribution in [0.25, 0.3) is 0 Å². The topological polar surface area (TPSA) is 24.1 Å². The molecule has 0 aliphatic rings. The first-order valence-corrected chi connectivity index (χ1v) is 10.5. The zero-order chi connectivity index (χ0) is 19.8. The minimum atomic E-state index is 0.0958. The zero-order valence-electron chi connectivity index (χ0n) is 16.7. The van der Waals surface area contributed by atoms with Crippen molar-refractivity contribution in [1.82, 2.24) is 10.6 Å². The van der Waals surface area contributed by atoms with Crippen molar-refractivity contribution in [2.75, 3.05) is 13.1 Å². The number of nitrogens with one attached hydrogen (secondary N) is 2. The van der Waals surface area contributed by atoms with E-state index >= 15 is 0 Å². The van der Waals surface area contributed by atoms with Crippen molar-refractivity contribution in [3.63, 3.8) is 0 Å². The molecular weight excluding hydrogens is 364 g/mol. The summed E-state index contributed by atoms with van der Waals surface area (Å²) in [7, 11) is 0.